The van der Waals surface area contributed by atoms with E-state index in [0.717, 1.165) is 30.3 Å². The summed E-state index contributed by atoms with van der Waals surface area (Å²) in [6, 6.07) is 8.53. The number of amides is 1. The van der Waals surface area contributed by atoms with Crippen molar-refractivity contribution in [2.75, 3.05) is 19.6 Å². The summed E-state index contributed by atoms with van der Waals surface area (Å²) in [6.45, 7) is 9.54. The van der Waals surface area contributed by atoms with E-state index in [0.29, 0.717) is 31.3 Å². The number of benzene rings is 1. The van der Waals surface area contributed by atoms with Crippen LogP contribution in [0, 0.1) is 12.8 Å². The normalized spacial score (nSPS) is 17.0. The number of likely N-dealkylation sites (tertiary alicyclic amines) is 1. The Morgan fingerprint density at radius 1 is 1.30 bits per heavy atom. The van der Waals surface area contributed by atoms with Crippen LogP contribution in [-0.4, -0.2) is 41.5 Å². The van der Waals surface area contributed by atoms with Crippen molar-refractivity contribution in [2.24, 2.45) is 5.92 Å². The fourth-order valence-electron chi connectivity index (χ4n) is 3.45. The van der Waals surface area contributed by atoms with Gasteiger partial charge in [0.05, 0.1) is 6.20 Å². The lowest BCUT2D eigenvalue weighted by atomic mass is 9.98. The summed E-state index contributed by atoms with van der Waals surface area (Å²) in [7, 11) is 0. The number of aromatic nitrogens is 1. The van der Waals surface area contributed by atoms with Crippen molar-refractivity contribution in [2.45, 2.75) is 52.5 Å². The maximum atomic E-state index is 12.2. The summed E-state index contributed by atoms with van der Waals surface area (Å²) in [5.74, 6) is 2.24. The van der Waals surface area contributed by atoms with Gasteiger partial charge >= 0.3 is 0 Å². The number of nitrogens with one attached hydrogen (secondary N) is 1. The van der Waals surface area contributed by atoms with Gasteiger partial charge in [0, 0.05) is 31.0 Å². The number of hydrogen-bond donors (Lipinski definition) is 1. The van der Waals surface area contributed by atoms with E-state index in [1.165, 1.54) is 18.4 Å². The first-order valence-corrected chi connectivity index (χ1v) is 10.0. The van der Waals surface area contributed by atoms with E-state index < -0.39 is 0 Å². The fourth-order valence-corrected chi connectivity index (χ4v) is 3.45. The van der Waals surface area contributed by atoms with Crippen molar-refractivity contribution in [3.63, 3.8) is 0 Å². The van der Waals surface area contributed by atoms with Crippen molar-refractivity contribution < 1.29 is 9.21 Å². The molecule has 1 aromatic heterocycles. The number of hydrogen-bond acceptors (Lipinski definition) is 4. The Hall–Kier alpha value is -2.14. The summed E-state index contributed by atoms with van der Waals surface area (Å²) >= 11 is 0. The largest absolute Gasteiger partial charge is 0.441 e. The van der Waals surface area contributed by atoms with E-state index in [2.05, 4.69) is 48.1 Å². The monoisotopic (exact) mass is 369 g/mol. The van der Waals surface area contributed by atoms with Crippen LogP contribution in [-0.2, 0) is 11.2 Å². The maximum Gasteiger partial charge on any atom is 0.220 e. The molecule has 1 fully saturated rings. The first-order valence-electron chi connectivity index (χ1n) is 10.0. The molecule has 0 spiro atoms. The summed E-state index contributed by atoms with van der Waals surface area (Å²) < 4.78 is 5.79. The number of carbonyl (C=O) groups is 1. The smallest absolute Gasteiger partial charge is 0.220 e. The third-order valence-corrected chi connectivity index (χ3v) is 5.49. The van der Waals surface area contributed by atoms with Crippen LogP contribution >= 0.6 is 0 Å². The molecule has 1 amide bonds. The lowest BCUT2D eigenvalue weighted by Crippen LogP contribution is -2.45. The van der Waals surface area contributed by atoms with Gasteiger partial charge in [-0.15, -0.1) is 0 Å². The Morgan fingerprint density at radius 2 is 2.00 bits per heavy atom. The third kappa shape index (κ3) is 5.67. The van der Waals surface area contributed by atoms with Gasteiger partial charge in [0.25, 0.3) is 0 Å². The average molecular weight is 370 g/mol. The minimum atomic E-state index is 0.0577. The van der Waals surface area contributed by atoms with Crippen molar-refractivity contribution in [3.8, 4) is 11.3 Å². The number of carbonyl (C=O) groups excluding carboxylic acids is 1. The predicted molar refractivity (Wildman–Crippen MR) is 107 cm³/mol. The second kappa shape index (κ2) is 9.18. The lowest BCUT2D eigenvalue weighted by Gasteiger charge is -2.35. The van der Waals surface area contributed by atoms with Crippen LogP contribution in [0.25, 0.3) is 11.3 Å². The van der Waals surface area contributed by atoms with Gasteiger partial charge in [-0.1, -0.05) is 36.8 Å². The molecule has 0 bridgehead atoms. The molecule has 27 heavy (non-hydrogen) atoms. The van der Waals surface area contributed by atoms with Crippen LogP contribution in [0.3, 0.4) is 0 Å². The molecule has 1 saturated heterocycles. The molecule has 0 saturated carbocycles. The van der Waals surface area contributed by atoms with E-state index in [1.54, 1.807) is 6.20 Å². The van der Waals surface area contributed by atoms with E-state index in [-0.39, 0.29) is 5.91 Å². The zero-order valence-electron chi connectivity index (χ0n) is 16.7. The lowest BCUT2D eigenvalue weighted by molar-refractivity contribution is -0.121. The molecule has 1 N–H and O–H groups in total. The van der Waals surface area contributed by atoms with Gasteiger partial charge in [0.1, 0.15) is 0 Å². The molecule has 2 aromatic rings. The zero-order chi connectivity index (χ0) is 19.2. The first kappa shape index (κ1) is 19.6. The molecule has 0 radical (unpaired) electrons. The van der Waals surface area contributed by atoms with E-state index in [4.69, 9.17) is 4.42 Å². The second-order valence-electron chi connectivity index (χ2n) is 7.86. The fraction of sp³-hybridized carbons (Fsp3) is 0.545. The number of nitrogens with zero attached hydrogens (tertiary/aromatic N) is 2. The Morgan fingerprint density at radius 3 is 2.70 bits per heavy atom. The molecule has 1 unspecified atom stereocenters. The van der Waals surface area contributed by atoms with Crippen LogP contribution in [0.4, 0.5) is 0 Å². The number of rotatable bonds is 7. The van der Waals surface area contributed by atoms with E-state index >= 15 is 0 Å². The van der Waals surface area contributed by atoms with Crippen LogP contribution < -0.4 is 5.32 Å². The highest BCUT2D eigenvalue weighted by atomic mass is 16.4. The summed E-state index contributed by atoms with van der Waals surface area (Å²) in [4.78, 5) is 19.0. The van der Waals surface area contributed by atoms with E-state index in [1.807, 2.05) is 12.1 Å². The minimum absolute atomic E-state index is 0.0577. The predicted octanol–water partition coefficient (Wildman–Crippen LogP) is 3.82. The molecule has 0 aliphatic carbocycles. The highest BCUT2D eigenvalue weighted by Crippen LogP contribution is 2.21. The van der Waals surface area contributed by atoms with Gasteiger partial charge < -0.3 is 9.73 Å². The van der Waals surface area contributed by atoms with Gasteiger partial charge in [0.15, 0.2) is 11.7 Å². The molecule has 146 valence electrons. The Bertz CT molecular complexity index is 730. The highest BCUT2D eigenvalue weighted by Gasteiger charge is 2.20. The van der Waals surface area contributed by atoms with Gasteiger partial charge in [-0.25, -0.2) is 4.98 Å². The highest BCUT2D eigenvalue weighted by molar-refractivity contribution is 5.76. The van der Waals surface area contributed by atoms with Crippen molar-refractivity contribution in [3.05, 3.63) is 41.9 Å². The van der Waals surface area contributed by atoms with Gasteiger partial charge in [-0.2, -0.15) is 0 Å². The molecule has 5 nitrogen and oxygen atoms in total. The van der Waals surface area contributed by atoms with Crippen molar-refractivity contribution in [1.82, 2.24) is 15.2 Å². The second-order valence-corrected chi connectivity index (χ2v) is 7.86. The molecule has 1 atom stereocenters. The molecule has 5 heteroatoms. The van der Waals surface area contributed by atoms with E-state index in [9.17, 15) is 4.79 Å². The average Bonchev–Trinajstić information content (AvgIpc) is 3.14. The van der Waals surface area contributed by atoms with Gasteiger partial charge in [-0.05, 0) is 45.7 Å². The standard InChI is InChI=1S/C22H31N3O2/c1-16-4-6-19(7-5-16)20-15-24-22(27-20)9-8-21(26)23-14-18(3)25-12-10-17(2)11-13-25/h4-7,15,17-18H,8-14H2,1-3H3,(H,23,26). The number of oxazole rings is 1. The molecule has 1 aliphatic rings. The quantitative estimate of drug-likeness (QED) is 0.806. The first-order chi connectivity index (χ1) is 13.0. The summed E-state index contributed by atoms with van der Waals surface area (Å²) in [5.41, 5.74) is 2.22. The molecule has 2 heterocycles. The van der Waals surface area contributed by atoms with Gasteiger partial charge in [-0.3, -0.25) is 9.69 Å². The summed E-state index contributed by atoms with van der Waals surface area (Å²) in [5, 5.41) is 3.06. The van der Waals surface area contributed by atoms with Crippen molar-refractivity contribution in [1.29, 1.82) is 0 Å². The van der Waals surface area contributed by atoms with Crippen molar-refractivity contribution >= 4 is 5.91 Å². The maximum absolute atomic E-state index is 12.2. The molecule has 3 rings (SSSR count). The van der Waals surface area contributed by atoms with Crippen LogP contribution in [0.2, 0.25) is 0 Å². The molecule has 1 aliphatic heterocycles. The van der Waals surface area contributed by atoms with Crippen LogP contribution in [0.5, 0.6) is 0 Å². The topological polar surface area (TPSA) is 58.4 Å². The van der Waals surface area contributed by atoms with Crippen LogP contribution in [0.1, 0.15) is 44.6 Å². The Kier molecular flexibility index (Phi) is 6.67. The summed E-state index contributed by atoms with van der Waals surface area (Å²) in [6.07, 6.45) is 5.17. The Labute approximate surface area is 162 Å². The zero-order valence-corrected chi connectivity index (χ0v) is 16.7. The Balaban J connectivity index is 1.41. The van der Waals surface area contributed by atoms with Crippen LogP contribution in [0.15, 0.2) is 34.9 Å². The molecule has 1 aromatic carbocycles. The third-order valence-electron chi connectivity index (χ3n) is 5.49. The number of aryl methyl sites for hydroxylation is 2. The molecular weight excluding hydrogens is 338 g/mol. The molecular formula is C22H31N3O2. The minimum Gasteiger partial charge on any atom is -0.441 e. The number of piperidine rings is 1. The van der Waals surface area contributed by atoms with Gasteiger partial charge in [0.2, 0.25) is 5.91 Å². The SMILES string of the molecule is Cc1ccc(-c2cnc(CCC(=O)NCC(C)N3CCC(C)CC3)o2)cc1.